The molecule has 0 amide bonds. The van der Waals surface area contributed by atoms with E-state index in [4.69, 9.17) is 10.00 Å². The van der Waals surface area contributed by atoms with Crippen molar-refractivity contribution in [3.8, 4) is 11.8 Å². The van der Waals surface area contributed by atoms with Crippen LogP contribution in [-0.4, -0.2) is 12.1 Å². The van der Waals surface area contributed by atoms with Gasteiger partial charge in [-0.25, -0.2) is 4.98 Å². The van der Waals surface area contributed by atoms with Crippen LogP contribution in [0, 0.1) is 18.3 Å². The number of rotatable bonds is 1. The number of hydrogen-bond acceptors (Lipinski definition) is 3. The topological polar surface area (TPSA) is 45.9 Å². The van der Waals surface area contributed by atoms with Gasteiger partial charge in [-0.05, 0) is 31.2 Å². The zero-order valence-corrected chi connectivity index (χ0v) is 8.61. The van der Waals surface area contributed by atoms with Crippen molar-refractivity contribution < 1.29 is 4.74 Å². The molecule has 15 heavy (non-hydrogen) atoms. The van der Waals surface area contributed by atoms with Crippen molar-refractivity contribution in [3.63, 3.8) is 0 Å². The van der Waals surface area contributed by atoms with E-state index in [1.54, 1.807) is 19.2 Å². The highest BCUT2D eigenvalue weighted by atomic mass is 16.5. The van der Waals surface area contributed by atoms with Crippen LogP contribution in [0.25, 0.3) is 10.9 Å². The molecule has 3 heteroatoms. The first-order valence-corrected chi connectivity index (χ1v) is 4.60. The normalized spacial score (nSPS) is 9.93. The van der Waals surface area contributed by atoms with Gasteiger partial charge < -0.3 is 4.74 Å². The second-order valence-electron chi connectivity index (χ2n) is 3.28. The summed E-state index contributed by atoms with van der Waals surface area (Å²) < 4.78 is 5.21. The lowest BCUT2D eigenvalue weighted by atomic mass is 10.1. The zero-order chi connectivity index (χ0) is 10.8. The third-order valence-corrected chi connectivity index (χ3v) is 2.30. The minimum Gasteiger partial charge on any atom is -0.494 e. The third kappa shape index (κ3) is 1.50. The lowest BCUT2D eigenvalue weighted by Gasteiger charge is -2.06. The second-order valence-corrected chi connectivity index (χ2v) is 3.28. The molecule has 0 aliphatic rings. The smallest absolute Gasteiger partial charge is 0.145 e. The van der Waals surface area contributed by atoms with Gasteiger partial charge in [-0.2, -0.15) is 5.26 Å². The molecule has 2 aromatic rings. The first kappa shape index (κ1) is 9.47. The van der Waals surface area contributed by atoms with Crippen molar-refractivity contribution >= 4 is 10.9 Å². The molecule has 0 atom stereocenters. The highest BCUT2D eigenvalue weighted by Gasteiger charge is 2.07. The van der Waals surface area contributed by atoms with Crippen LogP contribution in [0.2, 0.25) is 0 Å². The van der Waals surface area contributed by atoms with Crippen molar-refractivity contribution in [1.29, 1.82) is 5.26 Å². The molecule has 0 aliphatic carbocycles. The molecule has 2 rings (SSSR count). The molecule has 0 unspecified atom stereocenters. The minimum absolute atomic E-state index is 0.623. The van der Waals surface area contributed by atoms with Crippen LogP contribution in [0.1, 0.15) is 11.3 Å². The van der Waals surface area contributed by atoms with E-state index in [-0.39, 0.29) is 0 Å². The van der Waals surface area contributed by atoms with Gasteiger partial charge in [0.25, 0.3) is 0 Å². The van der Waals surface area contributed by atoms with E-state index in [1.807, 2.05) is 19.1 Å². The van der Waals surface area contributed by atoms with Crippen LogP contribution in [0.15, 0.2) is 24.3 Å². The van der Waals surface area contributed by atoms with Crippen LogP contribution in [0.5, 0.6) is 5.75 Å². The number of methoxy groups -OCH3 is 1. The largest absolute Gasteiger partial charge is 0.494 e. The Morgan fingerprint density at radius 1 is 1.27 bits per heavy atom. The number of pyridine rings is 1. The monoisotopic (exact) mass is 198 g/mol. The molecule has 0 radical (unpaired) electrons. The quantitative estimate of drug-likeness (QED) is 0.706. The van der Waals surface area contributed by atoms with Crippen molar-refractivity contribution in [2.24, 2.45) is 0 Å². The number of ether oxygens (including phenoxy) is 1. The summed E-state index contributed by atoms with van der Waals surface area (Å²) in [6.07, 6.45) is 0. The van der Waals surface area contributed by atoms with Gasteiger partial charge in [0.2, 0.25) is 0 Å². The third-order valence-electron chi connectivity index (χ3n) is 2.30. The Bertz CT molecular complexity index is 555. The number of aryl methyl sites for hydroxylation is 1. The lowest BCUT2D eigenvalue weighted by Crippen LogP contribution is -1.91. The Balaban J connectivity index is 2.88. The first-order valence-electron chi connectivity index (χ1n) is 4.60. The fourth-order valence-electron chi connectivity index (χ4n) is 1.55. The fourth-order valence-corrected chi connectivity index (χ4v) is 1.55. The predicted molar refractivity (Wildman–Crippen MR) is 57.7 cm³/mol. The van der Waals surface area contributed by atoms with Crippen LogP contribution in [-0.2, 0) is 0 Å². The molecular formula is C12H10N2O. The number of aromatic nitrogens is 1. The Kier molecular flexibility index (Phi) is 2.26. The molecule has 0 spiro atoms. The Labute approximate surface area is 87.9 Å². The number of benzene rings is 1. The van der Waals surface area contributed by atoms with Crippen molar-refractivity contribution in [1.82, 2.24) is 4.98 Å². The molecule has 1 aromatic heterocycles. The summed E-state index contributed by atoms with van der Waals surface area (Å²) >= 11 is 0. The molecule has 0 fully saturated rings. The van der Waals surface area contributed by atoms with Crippen molar-refractivity contribution in [2.45, 2.75) is 6.92 Å². The molecule has 1 aromatic carbocycles. The van der Waals surface area contributed by atoms with Crippen LogP contribution < -0.4 is 4.74 Å². The van der Waals surface area contributed by atoms with Gasteiger partial charge in [0.1, 0.15) is 11.3 Å². The van der Waals surface area contributed by atoms with Gasteiger partial charge in [0.15, 0.2) is 0 Å². The van der Waals surface area contributed by atoms with Gasteiger partial charge in [-0.15, -0.1) is 0 Å². The number of nitrogens with zero attached hydrogens (tertiary/aromatic N) is 2. The minimum atomic E-state index is 0.623. The summed E-state index contributed by atoms with van der Waals surface area (Å²) in [4.78, 5) is 4.38. The highest BCUT2D eigenvalue weighted by Crippen LogP contribution is 2.26. The average Bonchev–Trinajstić information content (AvgIpc) is 2.27. The van der Waals surface area contributed by atoms with Crippen LogP contribution in [0.4, 0.5) is 0 Å². The molecule has 1 heterocycles. The Morgan fingerprint density at radius 3 is 2.73 bits per heavy atom. The first-order chi connectivity index (χ1) is 7.26. The summed E-state index contributed by atoms with van der Waals surface area (Å²) in [5, 5.41) is 9.79. The SMILES string of the molecule is COc1ccc(C#N)c2ccc(C)nc12. The highest BCUT2D eigenvalue weighted by molar-refractivity contribution is 5.89. The number of fused-ring (bicyclic) bond motifs is 1. The molecular weight excluding hydrogens is 188 g/mol. The molecule has 74 valence electrons. The fraction of sp³-hybridized carbons (Fsp3) is 0.167. The lowest BCUT2D eigenvalue weighted by molar-refractivity contribution is 0.419. The average molecular weight is 198 g/mol. The number of nitriles is 1. The van der Waals surface area contributed by atoms with Gasteiger partial charge >= 0.3 is 0 Å². The molecule has 0 N–H and O–H groups in total. The van der Waals surface area contributed by atoms with Gasteiger partial charge in [-0.1, -0.05) is 0 Å². The molecule has 0 aliphatic heterocycles. The Morgan fingerprint density at radius 2 is 2.07 bits per heavy atom. The van der Waals surface area contributed by atoms with E-state index in [1.165, 1.54) is 0 Å². The van der Waals surface area contributed by atoms with Crippen molar-refractivity contribution in [2.75, 3.05) is 7.11 Å². The van der Waals surface area contributed by atoms with Gasteiger partial charge in [0.05, 0.1) is 18.7 Å². The zero-order valence-electron chi connectivity index (χ0n) is 8.61. The van der Waals surface area contributed by atoms with Crippen LogP contribution in [0.3, 0.4) is 0 Å². The van der Waals surface area contributed by atoms with E-state index < -0.39 is 0 Å². The standard InChI is InChI=1S/C12H10N2O/c1-8-3-5-10-9(7-13)4-6-11(15-2)12(10)14-8/h3-6H,1-2H3. The molecule has 0 saturated heterocycles. The van der Waals surface area contributed by atoms with E-state index >= 15 is 0 Å². The van der Waals surface area contributed by atoms with E-state index in [2.05, 4.69) is 11.1 Å². The summed E-state index contributed by atoms with van der Waals surface area (Å²) in [6.45, 7) is 1.91. The van der Waals surface area contributed by atoms with Crippen LogP contribution >= 0.6 is 0 Å². The Hall–Kier alpha value is -2.08. The molecule has 3 nitrogen and oxygen atoms in total. The van der Waals surface area contributed by atoms with Gasteiger partial charge in [0, 0.05) is 11.1 Å². The van der Waals surface area contributed by atoms with Crippen molar-refractivity contribution in [3.05, 3.63) is 35.5 Å². The maximum absolute atomic E-state index is 8.95. The van der Waals surface area contributed by atoms with E-state index in [0.717, 1.165) is 16.6 Å². The summed E-state index contributed by atoms with van der Waals surface area (Å²) in [7, 11) is 1.60. The van der Waals surface area contributed by atoms with E-state index in [0.29, 0.717) is 11.3 Å². The number of hydrogen-bond donors (Lipinski definition) is 0. The summed E-state index contributed by atoms with van der Waals surface area (Å²) in [5.41, 5.74) is 2.28. The maximum Gasteiger partial charge on any atom is 0.145 e. The maximum atomic E-state index is 8.95. The molecule has 0 saturated carbocycles. The predicted octanol–water partition coefficient (Wildman–Crippen LogP) is 2.42. The summed E-state index contributed by atoms with van der Waals surface area (Å²) in [5.74, 6) is 0.702. The summed E-state index contributed by atoms with van der Waals surface area (Å²) in [6, 6.07) is 9.46. The molecule has 0 bridgehead atoms. The van der Waals surface area contributed by atoms with Gasteiger partial charge in [-0.3, -0.25) is 0 Å². The van der Waals surface area contributed by atoms with E-state index in [9.17, 15) is 0 Å². The second kappa shape index (κ2) is 3.58.